The number of hydrogen-bond acceptors (Lipinski definition) is 5. The van der Waals surface area contributed by atoms with Crippen molar-refractivity contribution in [2.75, 3.05) is 18.6 Å². The summed E-state index contributed by atoms with van der Waals surface area (Å²) >= 11 is 0. The monoisotopic (exact) mass is 353 g/mol. The Morgan fingerprint density at radius 3 is 2.27 bits per heavy atom. The van der Waals surface area contributed by atoms with Gasteiger partial charge >= 0.3 is 5.97 Å². The fraction of sp³-hybridized carbons (Fsp3) is 0.250. The minimum atomic E-state index is -1.19. The number of anilines is 1. The van der Waals surface area contributed by atoms with Crippen molar-refractivity contribution in [3.05, 3.63) is 60.2 Å². The van der Waals surface area contributed by atoms with E-state index in [0.717, 1.165) is 0 Å². The van der Waals surface area contributed by atoms with Gasteiger partial charge in [-0.15, -0.1) is 0 Å². The predicted molar refractivity (Wildman–Crippen MR) is 94.8 cm³/mol. The largest absolute Gasteiger partial charge is 0.497 e. The van der Waals surface area contributed by atoms with Crippen LogP contribution in [-0.2, 0) is 19.1 Å². The second-order valence-electron chi connectivity index (χ2n) is 5.82. The molecule has 3 rings (SSSR count). The van der Waals surface area contributed by atoms with Crippen LogP contribution < -0.4 is 9.64 Å². The van der Waals surface area contributed by atoms with Crippen LogP contribution in [0.15, 0.2) is 54.6 Å². The normalized spacial score (nSPS) is 19.5. The summed E-state index contributed by atoms with van der Waals surface area (Å²) in [5.74, 6) is -2.72. The van der Waals surface area contributed by atoms with Gasteiger partial charge in [0.1, 0.15) is 11.7 Å². The van der Waals surface area contributed by atoms with E-state index in [-0.39, 0.29) is 6.61 Å². The molecule has 0 N–H and O–H groups in total. The summed E-state index contributed by atoms with van der Waals surface area (Å²) in [6.45, 7) is 1.80. The topological polar surface area (TPSA) is 72.9 Å². The van der Waals surface area contributed by atoms with Crippen molar-refractivity contribution in [1.82, 2.24) is 0 Å². The number of methoxy groups -OCH3 is 1. The molecule has 6 nitrogen and oxygen atoms in total. The van der Waals surface area contributed by atoms with Crippen LogP contribution in [0.2, 0.25) is 0 Å². The molecule has 6 heteroatoms. The maximum Gasteiger partial charge on any atom is 0.319 e. The maximum atomic E-state index is 12.7. The molecule has 0 unspecified atom stereocenters. The van der Waals surface area contributed by atoms with Crippen LogP contribution in [0.3, 0.4) is 0 Å². The first kappa shape index (κ1) is 17.7. The van der Waals surface area contributed by atoms with Gasteiger partial charge in [-0.25, -0.2) is 0 Å². The van der Waals surface area contributed by atoms with Crippen LogP contribution in [0.4, 0.5) is 5.69 Å². The molecule has 2 atom stereocenters. The molecule has 26 heavy (non-hydrogen) atoms. The third kappa shape index (κ3) is 3.06. The molecule has 134 valence electrons. The quantitative estimate of drug-likeness (QED) is 0.469. The van der Waals surface area contributed by atoms with E-state index in [0.29, 0.717) is 17.0 Å². The van der Waals surface area contributed by atoms with E-state index in [1.807, 2.05) is 6.07 Å². The lowest BCUT2D eigenvalue weighted by Crippen LogP contribution is -2.31. The number of nitrogens with zero attached hydrogens (tertiary/aromatic N) is 1. The van der Waals surface area contributed by atoms with Crippen molar-refractivity contribution in [3.63, 3.8) is 0 Å². The van der Waals surface area contributed by atoms with E-state index >= 15 is 0 Å². The Hall–Kier alpha value is -3.15. The summed E-state index contributed by atoms with van der Waals surface area (Å²) in [5.41, 5.74) is 1.21. The number of benzene rings is 2. The van der Waals surface area contributed by atoms with Crippen LogP contribution in [0.1, 0.15) is 18.5 Å². The summed E-state index contributed by atoms with van der Waals surface area (Å²) in [4.78, 5) is 39.1. The average Bonchev–Trinajstić information content (AvgIpc) is 2.94. The van der Waals surface area contributed by atoms with Crippen molar-refractivity contribution in [3.8, 4) is 5.75 Å². The van der Waals surface area contributed by atoms with Crippen molar-refractivity contribution in [1.29, 1.82) is 0 Å². The van der Waals surface area contributed by atoms with E-state index in [4.69, 9.17) is 9.47 Å². The van der Waals surface area contributed by atoms with Crippen LogP contribution >= 0.6 is 0 Å². The van der Waals surface area contributed by atoms with Crippen molar-refractivity contribution < 1.29 is 23.9 Å². The molecule has 2 aromatic rings. The van der Waals surface area contributed by atoms with Gasteiger partial charge in [-0.1, -0.05) is 30.3 Å². The highest BCUT2D eigenvalue weighted by molar-refractivity contribution is 6.47. The zero-order valence-corrected chi connectivity index (χ0v) is 14.5. The lowest BCUT2D eigenvalue weighted by atomic mass is 9.93. The van der Waals surface area contributed by atoms with E-state index < -0.39 is 29.6 Å². The van der Waals surface area contributed by atoms with Gasteiger partial charge in [0.2, 0.25) is 5.78 Å². The Morgan fingerprint density at radius 1 is 1.04 bits per heavy atom. The number of carbonyl (C=O) groups excluding carboxylic acids is 3. The number of rotatable bonds is 5. The van der Waals surface area contributed by atoms with Gasteiger partial charge in [0.05, 0.1) is 19.8 Å². The Morgan fingerprint density at radius 2 is 1.69 bits per heavy atom. The fourth-order valence-electron chi connectivity index (χ4n) is 3.15. The first-order valence-electron chi connectivity index (χ1n) is 8.31. The molecule has 0 radical (unpaired) electrons. The van der Waals surface area contributed by atoms with Gasteiger partial charge in [-0.05, 0) is 36.8 Å². The van der Waals surface area contributed by atoms with Gasteiger partial charge in [0, 0.05) is 5.69 Å². The second-order valence-corrected chi connectivity index (χ2v) is 5.82. The number of amides is 1. The number of ketones is 1. The van der Waals surface area contributed by atoms with Crippen molar-refractivity contribution in [2.45, 2.75) is 13.0 Å². The summed E-state index contributed by atoms with van der Waals surface area (Å²) in [6.07, 6.45) is 0. The molecule has 2 aromatic carbocycles. The number of ether oxygens (including phenoxy) is 2. The molecule has 0 spiro atoms. The minimum Gasteiger partial charge on any atom is -0.497 e. The minimum absolute atomic E-state index is 0.140. The molecule has 1 heterocycles. The standard InChI is InChI=1S/C20H19NO5/c1-3-26-20(24)16-17(13-7-5-4-6-8-13)21(19(23)18(16)22)14-9-11-15(25-2)12-10-14/h4-12,16-17H,3H2,1-2H3/t16-,17+/m1/s1. The maximum absolute atomic E-state index is 12.7. The SMILES string of the molecule is CCOC(=O)[C@H]1C(=O)C(=O)N(c2ccc(OC)cc2)[C@H]1c1ccccc1. The number of Topliss-reactive ketones (excluding diaryl/α,β-unsaturated/α-hetero) is 1. The molecular weight excluding hydrogens is 334 g/mol. The molecule has 1 fully saturated rings. The van der Waals surface area contributed by atoms with E-state index in [1.54, 1.807) is 62.6 Å². The van der Waals surface area contributed by atoms with Crippen LogP contribution in [0.5, 0.6) is 5.75 Å². The zero-order chi connectivity index (χ0) is 18.7. The average molecular weight is 353 g/mol. The van der Waals surface area contributed by atoms with Crippen LogP contribution in [-0.4, -0.2) is 31.4 Å². The molecule has 1 aliphatic rings. The van der Waals surface area contributed by atoms with Crippen molar-refractivity contribution in [2.24, 2.45) is 5.92 Å². The van der Waals surface area contributed by atoms with Gasteiger partial charge in [-0.2, -0.15) is 0 Å². The summed E-state index contributed by atoms with van der Waals surface area (Å²) < 4.78 is 10.2. The Balaban J connectivity index is 2.09. The Kier molecular flexibility index (Phi) is 5.02. The highest BCUT2D eigenvalue weighted by Crippen LogP contribution is 2.40. The zero-order valence-electron chi connectivity index (χ0n) is 14.5. The molecule has 1 saturated heterocycles. The fourth-order valence-corrected chi connectivity index (χ4v) is 3.15. The molecular formula is C20H19NO5. The third-order valence-corrected chi connectivity index (χ3v) is 4.34. The highest BCUT2D eigenvalue weighted by atomic mass is 16.5. The van der Waals surface area contributed by atoms with Gasteiger partial charge in [-0.3, -0.25) is 19.3 Å². The summed E-state index contributed by atoms with van der Waals surface area (Å²) in [7, 11) is 1.54. The van der Waals surface area contributed by atoms with Crippen LogP contribution in [0, 0.1) is 5.92 Å². The Labute approximate surface area is 151 Å². The molecule has 0 saturated carbocycles. The first-order chi connectivity index (χ1) is 12.6. The molecule has 1 aliphatic heterocycles. The lowest BCUT2D eigenvalue weighted by molar-refractivity contribution is -0.152. The summed E-state index contributed by atoms with van der Waals surface area (Å²) in [5, 5.41) is 0. The summed E-state index contributed by atoms with van der Waals surface area (Å²) in [6, 6.07) is 15.1. The first-order valence-corrected chi connectivity index (χ1v) is 8.31. The lowest BCUT2D eigenvalue weighted by Gasteiger charge is -2.27. The van der Waals surface area contributed by atoms with E-state index in [9.17, 15) is 14.4 Å². The molecule has 0 aliphatic carbocycles. The number of hydrogen-bond donors (Lipinski definition) is 0. The second kappa shape index (κ2) is 7.39. The smallest absolute Gasteiger partial charge is 0.319 e. The van der Waals surface area contributed by atoms with Gasteiger partial charge < -0.3 is 9.47 Å². The molecule has 1 amide bonds. The van der Waals surface area contributed by atoms with E-state index in [1.165, 1.54) is 4.90 Å². The van der Waals surface area contributed by atoms with E-state index in [2.05, 4.69) is 0 Å². The van der Waals surface area contributed by atoms with Gasteiger partial charge in [0.15, 0.2) is 0 Å². The third-order valence-electron chi connectivity index (χ3n) is 4.34. The van der Waals surface area contributed by atoms with Gasteiger partial charge in [0.25, 0.3) is 5.91 Å². The number of esters is 1. The predicted octanol–water partition coefficient (Wildman–Crippen LogP) is 2.53. The molecule has 0 aromatic heterocycles. The highest BCUT2D eigenvalue weighted by Gasteiger charge is 2.53. The Bertz CT molecular complexity index is 816. The van der Waals surface area contributed by atoms with Crippen LogP contribution in [0.25, 0.3) is 0 Å². The van der Waals surface area contributed by atoms with Crippen molar-refractivity contribution >= 4 is 23.3 Å². The number of carbonyl (C=O) groups is 3. The molecule has 0 bridgehead atoms.